The molecule has 6 nitrogen and oxygen atoms in total. The normalized spacial score (nSPS) is 18.6. The monoisotopic (exact) mass is 547 g/mol. The number of anilines is 1. The second-order valence-corrected chi connectivity index (χ2v) is 8.52. The minimum atomic E-state index is 0. The quantitative estimate of drug-likeness (QED) is 0.329. The van der Waals surface area contributed by atoms with Crippen LogP contribution in [0.1, 0.15) is 36.0 Å². The fourth-order valence-corrected chi connectivity index (χ4v) is 4.40. The van der Waals surface area contributed by atoms with Gasteiger partial charge in [-0.3, -0.25) is 9.79 Å². The lowest BCUT2D eigenvalue weighted by atomic mass is 10.1. The summed E-state index contributed by atoms with van der Waals surface area (Å²) in [6, 6.07) is 17.5. The van der Waals surface area contributed by atoms with Crippen LogP contribution in [-0.2, 0) is 17.9 Å². The molecule has 0 aliphatic carbocycles. The molecule has 172 valence electrons. The largest absolute Gasteiger partial charge is 0.369 e. The van der Waals surface area contributed by atoms with Crippen molar-refractivity contribution in [3.8, 4) is 0 Å². The van der Waals surface area contributed by atoms with Crippen molar-refractivity contribution in [2.75, 3.05) is 31.6 Å². The summed E-state index contributed by atoms with van der Waals surface area (Å²) < 4.78 is 0. The van der Waals surface area contributed by atoms with Crippen molar-refractivity contribution in [2.45, 2.75) is 45.3 Å². The number of halogens is 1. The number of hydrogen-bond acceptors (Lipinski definition) is 3. The molecule has 2 saturated heterocycles. The molecule has 2 fully saturated rings. The molecule has 7 heteroatoms. The predicted octanol–water partition coefficient (Wildman–Crippen LogP) is 3.68. The van der Waals surface area contributed by atoms with Gasteiger partial charge in [0.05, 0.1) is 0 Å². The Morgan fingerprint density at radius 3 is 2.53 bits per heavy atom. The smallest absolute Gasteiger partial charge is 0.222 e. The molecular weight excluding hydrogens is 513 g/mol. The molecule has 0 radical (unpaired) electrons. The maximum Gasteiger partial charge on any atom is 0.222 e. The molecule has 32 heavy (non-hydrogen) atoms. The minimum Gasteiger partial charge on any atom is -0.369 e. The molecule has 2 N–H and O–H groups in total. The van der Waals surface area contributed by atoms with Crippen LogP contribution < -0.4 is 15.5 Å². The van der Waals surface area contributed by atoms with E-state index in [4.69, 9.17) is 0 Å². The van der Waals surface area contributed by atoms with Crippen LogP contribution in [0.3, 0.4) is 0 Å². The standard InChI is InChI=1S/C25H33N5O.HI/c1-19-9-11-23(12-10-19)29-15-13-22(18-29)28-25(26-2)27-16-20-6-3-4-7-21(20)17-30-14-5-8-24(30)31;/h3-4,6-7,9-12,22H,5,8,13-18H2,1-2H3,(H2,26,27,28);1H. The van der Waals surface area contributed by atoms with Crippen molar-refractivity contribution < 1.29 is 4.79 Å². The number of likely N-dealkylation sites (tertiary alicyclic amines) is 1. The van der Waals surface area contributed by atoms with E-state index in [1.54, 1.807) is 0 Å². The van der Waals surface area contributed by atoms with Gasteiger partial charge in [-0.25, -0.2) is 0 Å². The lowest BCUT2D eigenvalue weighted by Gasteiger charge is -2.21. The second kappa shape index (κ2) is 11.5. The van der Waals surface area contributed by atoms with Crippen LogP contribution in [-0.4, -0.2) is 49.5 Å². The molecule has 1 unspecified atom stereocenters. The molecule has 1 atom stereocenters. The van der Waals surface area contributed by atoms with Gasteiger partial charge in [-0.15, -0.1) is 24.0 Å². The van der Waals surface area contributed by atoms with Gasteiger partial charge >= 0.3 is 0 Å². The molecular formula is C25H34IN5O. The van der Waals surface area contributed by atoms with Crippen molar-refractivity contribution in [1.82, 2.24) is 15.5 Å². The molecule has 2 aromatic carbocycles. The molecule has 0 saturated carbocycles. The molecule has 0 spiro atoms. The summed E-state index contributed by atoms with van der Waals surface area (Å²) in [4.78, 5) is 20.8. The van der Waals surface area contributed by atoms with E-state index in [-0.39, 0.29) is 29.9 Å². The van der Waals surface area contributed by atoms with E-state index in [1.807, 2.05) is 18.0 Å². The lowest BCUT2D eigenvalue weighted by molar-refractivity contribution is -0.128. The number of carbonyl (C=O) groups is 1. The number of aliphatic imine (C=N–C) groups is 1. The van der Waals surface area contributed by atoms with E-state index in [0.29, 0.717) is 25.6 Å². The number of guanidine groups is 1. The van der Waals surface area contributed by atoms with Crippen LogP contribution in [0.15, 0.2) is 53.5 Å². The highest BCUT2D eigenvalue weighted by atomic mass is 127. The van der Waals surface area contributed by atoms with E-state index in [1.165, 1.54) is 22.4 Å². The van der Waals surface area contributed by atoms with Crippen molar-refractivity contribution >= 4 is 41.5 Å². The lowest BCUT2D eigenvalue weighted by Crippen LogP contribution is -2.44. The van der Waals surface area contributed by atoms with E-state index >= 15 is 0 Å². The maximum absolute atomic E-state index is 12.0. The molecule has 2 aliphatic heterocycles. The van der Waals surface area contributed by atoms with Crippen LogP contribution in [0.25, 0.3) is 0 Å². The van der Waals surface area contributed by atoms with E-state index < -0.39 is 0 Å². The van der Waals surface area contributed by atoms with Gasteiger partial charge in [-0.2, -0.15) is 0 Å². The van der Waals surface area contributed by atoms with Crippen LogP contribution >= 0.6 is 24.0 Å². The highest BCUT2D eigenvalue weighted by molar-refractivity contribution is 14.0. The summed E-state index contributed by atoms with van der Waals surface area (Å²) in [5, 5.41) is 7.05. The zero-order valence-corrected chi connectivity index (χ0v) is 21.3. The number of benzene rings is 2. The van der Waals surface area contributed by atoms with Crippen LogP contribution in [0, 0.1) is 6.92 Å². The summed E-state index contributed by atoms with van der Waals surface area (Å²) in [6.07, 6.45) is 2.73. The number of rotatable bonds is 6. The highest BCUT2D eigenvalue weighted by Crippen LogP contribution is 2.21. The first kappa shape index (κ1) is 24.4. The Morgan fingerprint density at radius 2 is 1.84 bits per heavy atom. The Morgan fingerprint density at radius 1 is 1.09 bits per heavy atom. The summed E-state index contributed by atoms with van der Waals surface area (Å²) in [7, 11) is 1.82. The zero-order chi connectivity index (χ0) is 21.6. The van der Waals surface area contributed by atoms with Gasteiger partial charge in [0.25, 0.3) is 0 Å². The van der Waals surface area contributed by atoms with Gasteiger partial charge in [-0.1, -0.05) is 42.0 Å². The summed E-state index contributed by atoms with van der Waals surface area (Å²) >= 11 is 0. The van der Waals surface area contributed by atoms with Crippen molar-refractivity contribution in [1.29, 1.82) is 0 Å². The third-order valence-corrected chi connectivity index (χ3v) is 6.25. The molecule has 0 bridgehead atoms. The minimum absolute atomic E-state index is 0. The van der Waals surface area contributed by atoms with Crippen molar-refractivity contribution in [2.24, 2.45) is 4.99 Å². The van der Waals surface area contributed by atoms with Crippen molar-refractivity contribution in [3.63, 3.8) is 0 Å². The van der Waals surface area contributed by atoms with Gasteiger partial charge in [0.15, 0.2) is 5.96 Å². The average Bonchev–Trinajstić information content (AvgIpc) is 3.41. The van der Waals surface area contributed by atoms with Gasteiger partial charge in [0, 0.05) is 57.9 Å². The summed E-state index contributed by atoms with van der Waals surface area (Å²) in [5.41, 5.74) is 4.98. The first-order chi connectivity index (χ1) is 15.1. The number of carbonyl (C=O) groups excluding carboxylic acids is 1. The average molecular weight is 547 g/mol. The molecule has 2 aliphatic rings. The first-order valence-electron chi connectivity index (χ1n) is 11.3. The molecule has 2 heterocycles. The van der Waals surface area contributed by atoms with Crippen LogP contribution in [0.5, 0.6) is 0 Å². The van der Waals surface area contributed by atoms with Crippen LogP contribution in [0.4, 0.5) is 5.69 Å². The predicted molar refractivity (Wildman–Crippen MR) is 142 cm³/mol. The second-order valence-electron chi connectivity index (χ2n) is 8.52. The van der Waals surface area contributed by atoms with E-state index in [2.05, 4.69) is 69.9 Å². The van der Waals surface area contributed by atoms with Gasteiger partial charge in [0.2, 0.25) is 5.91 Å². The maximum atomic E-state index is 12.0. The first-order valence-corrected chi connectivity index (χ1v) is 11.3. The number of nitrogens with zero attached hydrogens (tertiary/aromatic N) is 3. The third-order valence-electron chi connectivity index (χ3n) is 6.25. The fourth-order valence-electron chi connectivity index (χ4n) is 4.40. The van der Waals surface area contributed by atoms with Gasteiger partial charge < -0.3 is 20.4 Å². The van der Waals surface area contributed by atoms with E-state index in [9.17, 15) is 4.79 Å². The topological polar surface area (TPSA) is 60.0 Å². The SMILES string of the molecule is CN=C(NCc1ccccc1CN1CCCC1=O)NC1CCN(c2ccc(C)cc2)C1.I. The van der Waals surface area contributed by atoms with Gasteiger partial charge in [0.1, 0.15) is 0 Å². The Balaban J connectivity index is 0.00000289. The summed E-state index contributed by atoms with van der Waals surface area (Å²) in [5.74, 6) is 1.09. The highest BCUT2D eigenvalue weighted by Gasteiger charge is 2.24. The Labute approximate surface area is 208 Å². The Hall–Kier alpha value is -2.29. The van der Waals surface area contributed by atoms with Gasteiger partial charge in [-0.05, 0) is 43.0 Å². The molecule has 1 amide bonds. The molecule has 4 rings (SSSR count). The Bertz CT molecular complexity index is 930. The zero-order valence-electron chi connectivity index (χ0n) is 19.0. The summed E-state index contributed by atoms with van der Waals surface area (Å²) in [6.45, 7) is 6.38. The fraction of sp³-hybridized carbons (Fsp3) is 0.440. The third kappa shape index (κ3) is 6.15. The number of aryl methyl sites for hydroxylation is 1. The number of amides is 1. The Kier molecular flexibility index (Phi) is 8.78. The van der Waals surface area contributed by atoms with Crippen molar-refractivity contribution in [3.05, 3.63) is 65.2 Å². The van der Waals surface area contributed by atoms with E-state index in [0.717, 1.165) is 38.4 Å². The van der Waals surface area contributed by atoms with Crippen LogP contribution in [0.2, 0.25) is 0 Å². The number of nitrogens with one attached hydrogen (secondary N) is 2. The molecule has 0 aromatic heterocycles. The number of hydrogen-bond donors (Lipinski definition) is 2. The molecule has 2 aromatic rings.